The fourth-order valence-corrected chi connectivity index (χ4v) is 4.06. The Bertz CT molecular complexity index is 267. The van der Waals surface area contributed by atoms with E-state index in [0.29, 0.717) is 6.04 Å². The zero-order valence-electron chi connectivity index (χ0n) is 13.4. The summed E-state index contributed by atoms with van der Waals surface area (Å²) >= 11 is 0. The van der Waals surface area contributed by atoms with Crippen molar-refractivity contribution in [2.45, 2.75) is 52.1 Å². The molecule has 0 bridgehead atoms. The number of nitrogens with zero attached hydrogens (tertiary/aromatic N) is 2. The van der Waals surface area contributed by atoms with Crippen LogP contribution < -0.4 is 5.32 Å². The molecule has 0 aromatic rings. The van der Waals surface area contributed by atoms with Gasteiger partial charge in [0.05, 0.1) is 0 Å². The SMILES string of the molecule is CCNCC(C(C)C)N1CCC2C(CCCN2C)C1. The van der Waals surface area contributed by atoms with Crippen molar-refractivity contribution < 1.29 is 0 Å². The van der Waals surface area contributed by atoms with E-state index in [0.717, 1.165) is 31.0 Å². The molecule has 2 aliphatic rings. The minimum atomic E-state index is 0.716. The molecule has 2 aliphatic heterocycles. The number of likely N-dealkylation sites (N-methyl/N-ethyl adjacent to an activating group) is 1. The fourth-order valence-electron chi connectivity index (χ4n) is 4.06. The Kier molecular flexibility index (Phi) is 5.67. The number of rotatable bonds is 5. The lowest BCUT2D eigenvalue weighted by atomic mass is 9.83. The summed E-state index contributed by atoms with van der Waals surface area (Å²) in [5.74, 6) is 1.66. The van der Waals surface area contributed by atoms with Gasteiger partial charge >= 0.3 is 0 Å². The predicted molar refractivity (Wildman–Crippen MR) is 82.5 cm³/mol. The first-order valence-electron chi connectivity index (χ1n) is 8.28. The van der Waals surface area contributed by atoms with Gasteiger partial charge in [0.2, 0.25) is 0 Å². The van der Waals surface area contributed by atoms with Gasteiger partial charge in [-0.15, -0.1) is 0 Å². The molecule has 3 atom stereocenters. The molecule has 2 fully saturated rings. The van der Waals surface area contributed by atoms with E-state index in [2.05, 4.69) is 42.9 Å². The Labute approximate surface area is 119 Å². The van der Waals surface area contributed by atoms with Crippen molar-refractivity contribution in [1.82, 2.24) is 15.1 Å². The lowest BCUT2D eigenvalue weighted by molar-refractivity contribution is 0.0108. The van der Waals surface area contributed by atoms with E-state index >= 15 is 0 Å². The average molecular weight is 267 g/mol. The highest BCUT2D eigenvalue weighted by Gasteiger charge is 2.36. The molecule has 112 valence electrons. The van der Waals surface area contributed by atoms with E-state index in [1.807, 2.05) is 0 Å². The molecule has 2 rings (SSSR count). The second kappa shape index (κ2) is 7.05. The predicted octanol–water partition coefficient (Wildman–Crippen LogP) is 2.04. The van der Waals surface area contributed by atoms with E-state index in [1.54, 1.807) is 0 Å². The maximum absolute atomic E-state index is 3.56. The summed E-state index contributed by atoms with van der Waals surface area (Å²) in [5.41, 5.74) is 0. The number of nitrogens with one attached hydrogen (secondary N) is 1. The average Bonchev–Trinajstić information content (AvgIpc) is 2.39. The monoisotopic (exact) mass is 267 g/mol. The van der Waals surface area contributed by atoms with Crippen LogP contribution >= 0.6 is 0 Å². The first kappa shape index (κ1) is 15.3. The third-order valence-electron chi connectivity index (χ3n) is 5.22. The van der Waals surface area contributed by atoms with Gasteiger partial charge in [-0.25, -0.2) is 0 Å². The summed E-state index contributed by atoms with van der Waals surface area (Å²) in [6.07, 6.45) is 4.21. The van der Waals surface area contributed by atoms with Crippen molar-refractivity contribution in [3.05, 3.63) is 0 Å². The van der Waals surface area contributed by atoms with Crippen LogP contribution in [0, 0.1) is 11.8 Å². The second-order valence-electron chi connectivity index (χ2n) is 6.85. The highest BCUT2D eigenvalue weighted by atomic mass is 15.2. The van der Waals surface area contributed by atoms with Gasteiger partial charge in [0.15, 0.2) is 0 Å². The van der Waals surface area contributed by atoms with Crippen LogP contribution in [0.3, 0.4) is 0 Å². The molecule has 3 nitrogen and oxygen atoms in total. The number of likely N-dealkylation sites (tertiary alicyclic amines) is 2. The van der Waals surface area contributed by atoms with Gasteiger partial charge in [0.25, 0.3) is 0 Å². The third-order valence-corrected chi connectivity index (χ3v) is 5.22. The third kappa shape index (κ3) is 3.71. The van der Waals surface area contributed by atoms with Crippen LogP contribution in [-0.4, -0.2) is 61.7 Å². The van der Waals surface area contributed by atoms with E-state index in [4.69, 9.17) is 0 Å². The minimum absolute atomic E-state index is 0.716. The van der Waals surface area contributed by atoms with Crippen molar-refractivity contribution >= 4 is 0 Å². The van der Waals surface area contributed by atoms with Crippen LogP contribution in [-0.2, 0) is 0 Å². The molecule has 3 unspecified atom stereocenters. The van der Waals surface area contributed by atoms with Crippen LogP contribution in [0.1, 0.15) is 40.0 Å². The fraction of sp³-hybridized carbons (Fsp3) is 1.00. The van der Waals surface area contributed by atoms with Crippen molar-refractivity contribution in [2.75, 3.05) is 39.8 Å². The normalized spacial score (nSPS) is 31.4. The summed E-state index contributed by atoms with van der Waals surface area (Å²) in [4.78, 5) is 5.38. The molecule has 2 heterocycles. The molecule has 2 saturated heterocycles. The number of hydrogen-bond acceptors (Lipinski definition) is 3. The van der Waals surface area contributed by atoms with Crippen LogP contribution in [0.2, 0.25) is 0 Å². The summed E-state index contributed by atoms with van der Waals surface area (Å²) in [6.45, 7) is 13.1. The summed E-state index contributed by atoms with van der Waals surface area (Å²) in [5, 5.41) is 3.56. The lowest BCUT2D eigenvalue weighted by Gasteiger charge is -2.48. The maximum atomic E-state index is 3.56. The molecule has 0 amide bonds. The highest BCUT2D eigenvalue weighted by Crippen LogP contribution is 2.31. The largest absolute Gasteiger partial charge is 0.315 e. The van der Waals surface area contributed by atoms with Gasteiger partial charge in [0.1, 0.15) is 0 Å². The van der Waals surface area contributed by atoms with Crippen LogP contribution in [0.25, 0.3) is 0 Å². The molecule has 0 aromatic heterocycles. The molecule has 0 radical (unpaired) electrons. The Morgan fingerprint density at radius 1 is 1.21 bits per heavy atom. The standard InChI is InChI=1S/C16H33N3/c1-5-17-11-16(13(2)3)19-10-8-15-14(12-19)7-6-9-18(15)4/h13-17H,5-12H2,1-4H3. The lowest BCUT2D eigenvalue weighted by Crippen LogP contribution is -2.57. The van der Waals surface area contributed by atoms with Gasteiger partial charge in [-0.3, -0.25) is 4.90 Å². The van der Waals surface area contributed by atoms with E-state index < -0.39 is 0 Å². The highest BCUT2D eigenvalue weighted by molar-refractivity contribution is 4.92. The molecule has 3 heteroatoms. The van der Waals surface area contributed by atoms with Gasteiger partial charge in [-0.2, -0.15) is 0 Å². The second-order valence-corrected chi connectivity index (χ2v) is 6.85. The van der Waals surface area contributed by atoms with Gasteiger partial charge < -0.3 is 10.2 Å². The van der Waals surface area contributed by atoms with Gasteiger partial charge in [0, 0.05) is 31.7 Å². The van der Waals surface area contributed by atoms with E-state index in [9.17, 15) is 0 Å². The Hall–Kier alpha value is -0.120. The smallest absolute Gasteiger partial charge is 0.0243 e. The Morgan fingerprint density at radius 2 is 2.00 bits per heavy atom. The number of piperidine rings is 2. The summed E-state index contributed by atoms with van der Waals surface area (Å²) in [7, 11) is 2.32. The van der Waals surface area contributed by atoms with Crippen molar-refractivity contribution in [1.29, 1.82) is 0 Å². The molecule has 19 heavy (non-hydrogen) atoms. The Balaban J connectivity index is 1.94. The van der Waals surface area contributed by atoms with Crippen LogP contribution in [0.15, 0.2) is 0 Å². The number of hydrogen-bond donors (Lipinski definition) is 1. The van der Waals surface area contributed by atoms with Crippen molar-refractivity contribution in [3.63, 3.8) is 0 Å². The first-order chi connectivity index (χ1) is 9.13. The van der Waals surface area contributed by atoms with Crippen molar-refractivity contribution in [2.24, 2.45) is 11.8 Å². The number of fused-ring (bicyclic) bond motifs is 1. The van der Waals surface area contributed by atoms with Gasteiger partial charge in [-0.05, 0) is 51.2 Å². The molecular weight excluding hydrogens is 234 g/mol. The topological polar surface area (TPSA) is 18.5 Å². The Morgan fingerprint density at radius 3 is 2.68 bits per heavy atom. The minimum Gasteiger partial charge on any atom is -0.315 e. The van der Waals surface area contributed by atoms with E-state index in [-0.39, 0.29) is 0 Å². The quantitative estimate of drug-likeness (QED) is 0.822. The molecule has 0 spiro atoms. The maximum Gasteiger partial charge on any atom is 0.0243 e. The molecule has 1 N–H and O–H groups in total. The first-order valence-corrected chi connectivity index (χ1v) is 8.28. The van der Waals surface area contributed by atoms with Crippen molar-refractivity contribution in [3.8, 4) is 0 Å². The molecule has 0 saturated carbocycles. The summed E-state index contributed by atoms with van der Waals surface area (Å²) in [6, 6.07) is 1.57. The molecular formula is C16H33N3. The zero-order chi connectivity index (χ0) is 13.8. The summed E-state index contributed by atoms with van der Waals surface area (Å²) < 4.78 is 0. The van der Waals surface area contributed by atoms with E-state index in [1.165, 1.54) is 38.9 Å². The molecule has 0 aliphatic carbocycles. The molecule has 0 aromatic carbocycles. The van der Waals surface area contributed by atoms with Crippen LogP contribution in [0.4, 0.5) is 0 Å². The van der Waals surface area contributed by atoms with Crippen LogP contribution in [0.5, 0.6) is 0 Å². The zero-order valence-corrected chi connectivity index (χ0v) is 13.4. The van der Waals surface area contributed by atoms with Gasteiger partial charge in [-0.1, -0.05) is 20.8 Å².